The van der Waals surface area contributed by atoms with Gasteiger partial charge in [0.05, 0.1) is 0 Å². The van der Waals surface area contributed by atoms with Gasteiger partial charge in [0.1, 0.15) is 6.61 Å². The second-order valence-corrected chi connectivity index (χ2v) is 7.60. The number of halogens is 14. The predicted molar refractivity (Wildman–Crippen MR) is 69.1 cm³/mol. The van der Waals surface area contributed by atoms with Crippen molar-refractivity contribution in [3.8, 4) is 0 Å². The van der Waals surface area contributed by atoms with Crippen molar-refractivity contribution in [2.75, 3.05) is 6.61 Å². The number of hydrogen-bond donors (Lipinski definition) is 0. The van der Waals surface area contributed by atoms with E-state index in [1.807, 2.05) is 0 Å². The van der Waals surface area contributed by atoms with Gasteiger partial charge in [0.2, 0.25) is 5.41 Å². The Labute approximate surface area is 162 Å². The molecule has 4 bridgehead atoms. The van der Waals surface area contributed by atoms with Crippen LogP contribution in [0.2, 0.25) is 0 Å². The molecule has 0 saturated heterocycles. The van der Waals surface area contributed by atoms with E-state index >= 15 is 0 Å². The predicted octanol–water partition coefficient (Wildman–Crippen LogP) is 4.98. The van der Waals surface area contributed by atoms with Crippen LogP contribution in [0.25, 0.3) is 0 Å². The Bertz CT molecular complexity index is 835. The number of carbonyl (C=O) groups is 1. The molecule has 2 nitrogen and oxygen atoms in total. The molecule has 2 unspecified atom stereocenters. The lowest BCUT2D eigenvalue weighted by molar-refractivity contribution is -0.595. The van der Waals surface area contributed by atoms with Gasteiger partial charge < -0.3 is 4.74 Å². The van der Waals surface area contributed by atoms with Crippen LogP contribution in [0.4, 0.5) is 61.5 Å². The minimum absolute atomic E-state index is 0.681. The Morgan fingerprint density at radius 1 is 0.710 bits per heavy atom. The molecule has 4 saturated carbocycles. The maximum atomic E-state index is 14.8. The molecule has 0 N–H and O–H groups in total. The Kier molecular flexibility index (Phi) is 4.03. The molecule has 4 fully saturated rings. The normalized spacial score (nSPS) is 44.0. The summed E-state index contributed by atoms with van der Waals surface area (Å²) in [6, 6.07) is 0. The number of esters is 1. The fourth-order valence-corrected chi connectivity index (χ4v) is 4.57. The smallest absolute Gasteiger partial charge is 0.338 e. The molecule has 0 radical (unpaired) electrons. The number of rotatable bonds is 3. The van der Waals surface area contributed by atoms with E-state index in [2.05, 4.69) is 11.3 Å². The second kappa shape index (κ2) is 5.24. The highest BCUT2D eigenvalue weighted by molar-refractivity contribution is 5.87. The van der Waals surface area contributed by atoms with Crippen LogP contribution >= 0.6 is 0 Å². The minimum Gasteiger partial charge on any atom is -0.461 e. The Balaban J connectivity index is 2.51. The largest absolute Gasteiger partial charge is 0.461 e. The van der Waals surface area contributed by atoms with E-state index in [9.17, 15) is 66.3 Å². The van der Waals surface area contributed by atoms with E-state index in [1.165, 1.54) is 0 Å². The lowest BCUT2D eigenvalue weighted by Crippen LogP contribution is -3.03. The molecule has 31 heavy (non-hydrogen) atoms. The summed E-state index contributed by atoms with van der Waals surface area (Å²) in [4.78, 5) is 11.3. The van der Waals surface area contributed by atoms with E-state index in [0.29, 0.717) is 6.92 Å². The summed E-state index contributed by atoms with van der Waals surface area (Å²) in [5, 5.41) is 0. The van der Waals surface area contributed by atoms with Gasteiger partial charge in [-0.2, -0.15) is 8.78 Å². The molecule has 178 valence electrons. The third-order valence-corrected chi connectivity index (χ3v) is 6.15. The van der Waals surface area contributed by atoms with E-state index < -0.39 is 76.4 Å². The molecule has 0 spiro atoms. The maximum Gasteiger partial charge on any atom is 0.338 e. The standard InChI is InChI=1S/C15H8F14O2/c1-4(2)5(30)31-3-7-8(16,17)6-9(18,19)11(22,13(7,24)25)15(28,29)12(23,10(6,20)21)14(7,26)27/h6H,1,3H2,2H3. The van der Waals surface area contributed by atoms with Gasteiger partial charge in [0.25, 0.3) is 5.92 Å². The van der Waals surface area contributed by atoms with Crippen LogP contribution in [0.15, 0.2) is 12.2 Å². The third-order valence-electron chi connectivity index (χ3n) is 6.15. The lowest BCUT2D eigenvalue weighted by Gasteiger charge is -2.73. The van der Waals surface area contributed by atoms with E-state index in [-0.39, 0.29) is 0 Å². The maximum absolute atomic E-state index is 14.8. The first-order valence-electron chi connectivity index (χ1n) is 7.92. The minimum atomic E-state index is -7.59. The van der Waals surface area contributed by atoms with Crippen molar-refractivity contribution in [3.05, 3.63) is 12.2 Å². The van der Waals surface area contributed by atoms with Crippen LogP contribution in [0, 0.1) is 11.3 Å². The average molecular weight is 486 g/mol. The Morgan fingerprint density at radius 2 is 1.06 bits per heavy atom. The van der Waals surface area contributed by atoms with Gasteiger partial charge in [-0.1, -0.05) is 6.58 Å². The molecule has 16 heteroatoms. The highest BCUT2D eigenvalue weighted by Gasteiger charge is 3.18. The Morgan fingerprint density at radius 3 is 1.39 bits per heavy atom. The van der Waals surface area contributed by atoms with Crippen LogP contribution in [0.1, 0.15) is 6.92 Å². The van der Waals surface area contributed by atoms with Crippen molar-refractivity contribution >= 4 is 5.97 Å². The molecular weight excluding hydrogens is 478 g/mol. The second-order valence-electron chi connectivity index (χ2n) is 7.60. The number of carbonyl (C=O) groups excluding carboxylic acids is 1. The van der Waals surface area contributed by atoms with Crippen LogP contribution in [-0.4, -0.2) is 59.4 Å². The number of alkyl halides is 14. The van der Waals surface area contributed by atoms with Gasteiger partial charge in [-0.3, -0.25) is 0 Å². The first-order chi connectivity index (χ1) is 13.4. The molecule has 0 aromatic rings. The topological polar surface area (TPSA) is 26.3 Å². The van der Waals surface area contributed by atoms with Crippen molar-refractivity contribution in [2.45, 2.75) is 53.8 Å². The SMILES string of the molecule is C=C(C)C(=O)OCC12C(F)(F)C3C(F)(F)C(F)(C(F)(F)C(F)(C3(F)F)C1(F)F)C2(F)F. The lowest BCUT2D eigenvalue weighted by atomic mass is 9.38. The fourth-order valence-electron chi connectivity index (χ4n) is 4.57. The molecule has 0 aromatic heterocycles. The molecule has 0 heterocycles. The molecular formula is C15H8F14O2. The van der Waals surface area contributed by atoms with E-state index in [4.69, 9.17) is 0 Å². The van der Waals surface area contributed by atoms with Gasteiger partial charge in [0.15, 0.2) is 5.92 Å². The van der Waals surface area contributed by atoms with Gasteiger partial charge in [-0.05, 0) is 6.92 Å². The van der Waals surface area contributed by atoms with Crippen molar-refractivity contribution in [2.24, 2.45) is 11.3 Å². The highest BCUT2D eigenvalue weighted by atomic mass is 19.3. The monoisotopic (exact) mass is 486 g/mol. The van der Waals surface area contributed by atoms with Crippen LogP contribution in [0.5, 0.6) is 0 Å². The fraction of sp³-hybridized carbons (Fsp3) is 0.800. The van der Waals surface area contributed by atoms with Gasteiger partial charge in [-0.15, -0.1) is 0 Å². The molecule has 4 aliphatic rings. The molecule has 0 aromatic carbocycles. The number of ether oxygens (including phenoxy) is 1. The van der Waals surface area contributed by atoms with E-state index in [0.717, 1.165) is 0 Å². The summed E-state index contributed by atoms with van der Waals surface area (Å²) in [5.74, 6) is -51.1. The van der Waals surface area contributed by atoms with Crippen molar-refractivity contribution in [3.63, 3.8) is 0 Å². The van der Waals surface area contributed by atoms with Crippen LogP contribution in [0.3, 0.4) is 0 Å². The van der Waals surface area contributed by atoms with E-state index in [1.54, 1.807) is 0 Å². The summed E-state index contributed by atoms with van der Waals surface area (Å²) in [6.07, 6.45) is 0. The Hall–Kier alpha value is -1.77. The summed E-state index contributed by atoms with van der Waals surface area (Å²) in [6.45, 7) is 0.185. The van der Waals surface area contributed by atoms with Crippen LogP contribution < -0.4 is 0 Å². The molecule has 0 amide bonds. The van der Waals surface area contributed by atoms with Crippen molar-refractivity contribution in [1.82, 2.24) is 0 Å². The van der Waals surface area contributed by atoms with Crippen molar-refractivity contribution in [1.29, 1.82) is 0 Å². The quantitative estimate of drug-likeness (QED) is 0.320. The summed E-state index contributed by atoms with van der Waals surface area (Å²) in [7, 11) is 0. The van der Waals surface area contributed by atoms with Crippen LogP contribution in [-0.2, 0) is 9.53 Å². The zero-order chi connectivity index (χ0) is 24.6. The molecule has 4 rings (SSSR count). The molecule has 2 atom stereocenters. The van der Waals surface area contributed by atoms with Crippen molar-refractivity contribution < 1.29 is 71.0 Å². The third kappa shape index (κ3) is 1.69. The van der Waals surface area contributed by atoms with Gasteiger partial charge in [0, 0.05) is 5.57 Å². The number of hydrogen-bond acceptors (Lipinski definition) is 2. The zero-order valence-corrected chi connectivity index (χ0v) is 14.6. The first-order valence-corrected chi connectivity index (χ1v) is 7.92. The zero-order valence-electron chi connectivity index (χ0n) is 14.6. The highest BCUT2D eigenvalue weighted by Crippen LogP contribution is 2.88. The van der Waals surface area contributed by atoms with Gasteiger partial charge in [-0.25, -0.2) is 57.5 Å². The molecule has 4 aliphatic carbocycles. The summed E-state index contributed by atoms with van der Waals surface area (Å²) < 4.78 is 206. The average Bonchev–Trinajstić information content (AvgIpc) is 2.54. The summed E-state index contributed by atoms with van der Waals surface area (Å²) in [5.41, 5.74) is -21.8. The van der Waals surface area contributed by atoms with Gasteiger partial charge >= 0.3 is 46.9 Å². The molecule has 0 aliphatic heterocycles. The first kappa shape index (κ1) is 23.9. The summed E-state index contributed by atoms with van der Waals surface area (Å²) >= 11 is 0.